The van der Waals surface area contributed by atoms with Crippen LogP contribution in [0.3, 0.4) is 0 Å². The number of benzene rings is 1. The fourth-order valence-corrected chi connectivity index (χ4v) is 2.06. The Morgan fingerprint density at radius 2 is 2.17 bits per heavy atom. The zero-order valence-corrected chi connectivity index (χ0v) is 11.4. The SMILES string of the molecule is CCN(CC(N)c1cccc(F)c1)C(C)COC. The Bertz CT molecular complexity index is 359. The van der Waals surface area contributed by atoms with E-state index in [-0.39, 0.29) is 11.9 Å². The lowest BCUT2D eigenvalue weighted by Crippen LogP contribution is -2.40. The average Bonchev–Trinajstić information content (AvgIpc) is 2.35. The van der Waals surface area contributed by atoms with E-state index in [1.54, 1.807) is 13.2 Å². The number of hydrogen-bond acceptors (Lipinski definition) is 3. The molecule has 0 aliphatic carbocycles. The summed E-state index contributed by atoms with van der Waals surface area (Å²) in [7, 11) is 1.69. The molecule has 0 amide bonds. The topological polar surface area (TPSA) is 38.5 Å². The van der Waals surface area contributed by atoms with Gasteiger partial charge >= 0.3 is 0 Å². The van der Waals surface area contributed by atoms with Crippen LogP contribution in [0.2, 0.25) is 0 Å². The van der Waals surface area contributed by atoms with Crippen molar-refractivity contribution < 1.29 is 9.13 Å². The van der Waals surface area contributed by atoms with Crippen LogP contribution in [0.5, 0.6) is 0 Å². The predicted octanol–water partition coefficient (Wildman–Crippen LogP) is 2.18. The molecule has 0 bridgehead atoms. The van der Waals surface area contributed by atoms with Gasteiger partial charge in [-0.15, -0.1) is 0 Å². The van der Waals surface area contributed by atoms with Crippen LogP contribution in [0, 0.1) is 5.82 Å². The van der Waals surface area contributed by atoms with Crippen molar-refractivity contribution in [3.8, 4) is 0 Å². The Morgan fingerprint density at radius 1 is 1.44 bits per heavy atom. The second kappa shape index (κ2) is 7.46. The molecule has 0 aliphatic heterocycles. The summed E-state index contributed by atoms with van der Waals surface area (Å²) >= 11 is 0. The van der Waals surface area contributed by atoms with Crippen molar-refractivity contribution in [1.82, 2.24) is 4.90 Å². The summed E-state index contributed by atoms with van der Waals surface area (Å²) in [4.78, 5) is 2.24. The number of halogens is 1. The summed E-state index contributed by atoms with van der Waals surface area (Å²) < 4.78 is 18.3. The number of hydrogen-bond donors (Lipinski definition) is 1. The van der Waals surface area contributed by atoms with E-state index < -0.39 is 0 Å². The first-order valence-corrected chi connectivity index (χ1v) is 6.32. The first-order chi connectivity index (χ1) is 8.58. The summed E-state index contributed by atoms with van der Waals surface area (Å²) in [6.45, 7) is 6.46. The molecule has 1 aromatic rings. The van der Waals surface area contributed by atoms with Crippen molar-refractivity contribution in [2.75, 3.05) is 26.8 Å². The molecule has 0 radical (unpaired) electrons. The maximum Gasteiger partial charge on any atom is 0.123 e. The van der Waals surface area contributed by atoms with Gasteiger partial charge in [-0.3, -0.25) is 4.90 Å². The second-order valence-electron chi connectivity index (χ2n) is 4.55. The van der Waals surface area contributed by atoms with Gasteiger partial charge in [-0.1, -0.05) is 19.1 Å². The van der Waals surface area contributed by atoms with Crippen molar-refractivity contribution in [2.45, 2.75) is 25.9 Å². The minimum Gasteiger partial charge on any atom is -0.383 e. The molecule has 0 saturated heterocycles. The Balaban J connectivity index is 2.64. The summed E-state index contributed by atoms with van der Waals surface area (Å²) in [5.41, 5.74) is 6.96. The zero-order valence-electron chi connectivity index (χ0n) is 11.4. The lowest BCUT2D eigenvalue weighted by atomic mass is 10.1. The molecule has 0 fully saturated rings. The first-order valence-electron chi connectivity index (χ1n) is 6.32. The molecular formula is C14H23FN2O. The van der Waals surface area contributed by atoms with E-state index in [4.69, 9.17) is 10.5 Å². The van der Waals surface area contributed by atoms with Crippen LogP contribution in [0.25, 0.3) is 0 Å². The lowest BCUT2D eigenvalue weighted by molar-refractivity contribution is 0.0986. The summed E-state index contributed by atoms with van der Waals surface area (Å²) in [6, 6.07) is 6.61. The van der Waals surface area contributed by atoms with E-state index in [9.17, 15) is 4.39 Å². The molecule has 102 valence electrons. The van der Waals surface area contributed by atoms with E-state index in [0.717, 1.165) is 12.1 Å². The van der Waals surface area contributed by atoms with E-state index >= 15 is 0 Å². The molecule has 3 nitrogen and oxygen atoms in total. The number of rotatable bonds is 7. The van der Waals surface area contributed by atoms with Gasteiger partial charge in [-0.2, -0.15) is 0 Å². The van der Waals surface area contributed by atoms with Crippen molar-refractivity contribution in [3.05, 3.63) is 35.6 Å². The van der Waals surface area contributed by atoms with E-state index in [1.807, 2.05) is 6.07 Å². The zero-order chi connectivity index (χ0) is 13.5. The number of nitrogens with zero attached hydrogens (tertiary/aromatic N) is 1. The van der Waals surface area contributed by atoms with Gasteiger partial charge in [0, 0.05) is 25.7 Å². The minimum atomic E-state index is -0.240. The fraction of sp³-hybridized carbons (Fsp3) is 0.571. The average molecular weight is 254 g/mol. The molecule has 1 rings (SSSR count). The maximum absolute atomic E-state index is 13.1. The highest BCUT2D eigenvalue weighted by Gasteiger charge is 2.16. The van der Waals surface area contributed by atoms with Gasteiger partial charge in [0.2, 0.25) is 0 Å². The molecule has 0 spiro atoms. The third kappa shape index (κ3) is 4.37. The van der Waals surface area contributed by atoms with Gasteiger partial charge in [-0.05, 0) is 31.2 Å². The highest BCUT2D eigenvalue weighted by molar-refractivity contribution is 5.20. The third-order valence-electron chi connectivity index (χ3n) is 3.15. The number of likely N-dealkylation sites (N-methyl/N-ethyl adjacent to an activating group) is 1. The summed E-state index contributed by atoms with van der Waals surface area (Å²) in [6.07, 6.45) is 0. The monoisotopic (exact) mass is 254 g/mol. The Kier molecular flexibility index (Phi) is 6.25. The molecule has 0 aromatic heterocycles. The first kappa shape index (κ1) is 15.1. The quantitative estimate of drug-likeness (QED) is 0.810. The number of methoxy groups -OCH3 is 1. The van der Waals surface area contributed by atoms with Crippen LogP contribution in [-0.4, -0.2) is 37.7 Å². The summed E-state index contributed by atoms with van der Waals surface area (Å²) in [5, 5.41) is 0. The smallest absolute Gasteiger partial charge is 0.123 e. The van der Waals surface area contributed by atoms with E-state index in [2.05, 4.69) is 18.7 Å². The van der Waals surface area contributed by atoms with Gasteiger partial charge in [0.15, 0.2) is 0 Å². The molecule has 4 heteroatoms. The fourth-order valence-electron chi connectivity index (χ4n) is 2.06. The van der Waals surface area contributed by atoms with Crippen molar-refractivity contribution in [3.63, 3.8) is 0 Å². The largest absolute Gasteiger partial charge is 0.383 e. The van der Waals surface area contributed by atoms with Crippen molar-refractivity contribution in [2.24, 2.45) is 5.73 Å². The Morgan fingerprint density at radius 3 is 2.72 bits per heavy atom. The van der Waals surface area contributed by atoms with Crippen LogP contribution < -0.4 is 5.73 Å². The number of ether oxygens (including phenoxy) is 1. The van der Waals surface area contributed by atoms with Crippen LogP contribution in [0.1, 0.15) is 25.5 Å². The number of nitrogens with two attached hydrogens (primary N) is 1. The van der Waals surface area contributed by atoms with Crippen molar-refractivity contribution in [1.29, 1.82) is 0 Å². The van der Waals surface area contributed by atoms with E-state index in [1.165, 1.54) is 12.1 Å². The second-order valence-corrected chi connectivity index (χ2v) is 4.55. The highest BCUT2D eigenvalue weighted by Crippen LogP contribution is 2.14. The molecule has 0 heterocycles. The highest BCUT2D eigenvalue weighted by atomic mass is 19.1. The normalized spacial score (nSPS) is 14.8. The predicted molar refractivity (Wildman–Crippen MR) is 71.9 cm³/mol. The van der Waals surface area contributed by atoms with Gasteiger partial charge in [0.05, 0.1) is 6.61 Å². The van der Waals surface area contributed by atoms with E-state index in [0.29, 0.717) is 19.2 Å². The molecule has 2 N–H and O–H groups in total. The minimum absolute atomic E-state index is 0.181. The lowest BCUT2D eigenvalue weighted by Gasteiger charge is -2.30. The van der Waals surface area contributed by atoms with Gasteiger partial charge < -0.3 is 10.5 Å². The standard InChI is InChI=1S/C14H23FN2O/c1-4-17(11(2)10-18-3)9-14(16)12-6-5-7-13(15)8-12/h5-8,11,14H,4,9-10,16H2,1-3H3. The maximum atomic E-state index is 13.1. The van der Waals surface area contributed by atoms with Gasteiger partial charge in [0.25, 0.3) is 0 Å². The Hall–Kier alpha value is -0.970. The van der Waals surface area contributed by atoms with Crippen molar-refractivity contribution >= 4 is 0 Å². The van der Waals surface area contributed by atoms with Crippen LogP contribution in [0.15, 0.2) is 24.3 Å². The molecule has 1 aromatic carbocycles. The van der Waals surface area contributed by atoms with Gasteiger partial charge in [0.1, 0.15) is 5.82 Å². The molecule has 0 aliphatic rings. The third-order valence-corrected chi connectivity index (χ3v) is 3.15. The van der Waals surface area contributed by atoms with Crippen LogP contribution in [-0.2, 0) is 4.74 Å². The molecule has 18 heavy (non-hydrogen) atoms. The molecule has 2 unspecified atom stereocenters. The van der Waals surface area contributed by atoms with Crippen LogP contribution >= 0.6 is 0 Å². The molecule has 2 atom stereocenters. The Labute approximate surface area is 109 Å². The van der Waals surface area contributed by atoms with Gasteiger partial charge in [-0.25, -0.2) is 4.39 Å². The molecular weight excluding hydrogens is 231 g/mol. The molecule has 0 saturated carbocycles. The van der Waals surface area contributed by atoms with Crippen LogP contribution in [0.4, 0.5) is 4.39 Å². The summed E-state index contributed by atoms with van der Waals surface area (Å²) in [5.74, 6) is -0.240.